The first-order valence-corrected chi connectivity index (χ1v) is 6.76. The van der Waals surface area contributed by atoms with Crippen LogP contribution in [0.4, 0.5) is 13.2 Å². The molecule has 0 aromatic heterocycles. The summed E-state index contributed by atoms with van der Waals surface area (Å²) in [6.45, 7) is 2.87. The smallest absolute Gasteiger partial charge is 0.379 e. The number of nitrogens with zero attached hydrogens (tertiary/aromatic N) is 1. The molecule has 2 aliphatic heterocycles. The molecule has 0 bridgehead atoms. The summed E-state index contributed by atoms with van der Waals surface area (Å²) in [6, 6.07) is 2.73. The fraction of sp³-hybridized carbons (Fsp3) is 0.500. The number of morpholine rings is 1. The van der Waals surface area contributed by atoms with Gasteiger partial charge in [-0.2, -0.15) is 13.2 Å². The Hall–Kier alpha value is -1.60. The third-order valence-corrected chi connectivity index (χ3v) is 3.80. The molecule has 7 heteroatoms. The zero-order chi connectivity index (χ0) is 15.0. The van der Waals surface area contributed by atoms with E-state index in [1.165, 1.54) is 0 Å². The number of nitrogens with one attached hydrogen (secondary N) is 1. The SMILES string of the molecule is O=C1NCc2c1cc(CN1CCOCC1)cc2C(F)(F)F. The summed E-state index contributed by atoms with van der Waals surface area (Å²) < 4.78 is 44.7. The number of amides is 1. The lowest BCUT2D eigenvalue weighted by atomic mass is 9.98. The Morgan fingerprint density at radius 3 is 2.62 bits per heavy atom. The molecule has 4 nitrogen and oxygen atoms in total. The largest absolute Gasteiger partial charge is 0.416 e. The fourth-order valence-electron chi connectivity index (χ4n) is 2.75. The predicted molar refractivity (Wildman–Crippen MR) is 68.7 cm³/mol. The van der Waals surface area contributed by atoms with Crippen LogP contribution in [-0.2, 0) is 24.0 Å². The third kappa shape index (κ3) is 2.89. The minimum atomic E-state index is -4.45. The van der Waals surface area contributed by atoms with Crippen LogP contribution in [0.1, 0.15) is 27.0 Å². The number of fused-ring (bicyclic) bond motifs is 1. The second-order valence-electron chi connectivity index (χ2n) is 5.24. The first-order valence-electron chi connectivity index (χ1n) is 6.76. The summed E-state index contributed by atoms with van der Waals surface area (Å²) in [5.74, 6) is -0.431. The van der Waals surface area contributed by atoms with Crippen LogP contribution in [0.25, 0.3) is 0 Å². The number of halogens is 3. The van der Waals surface area contributed by atoms with E-state index < -0.39 is 17.6 Å². The maximum atomic E-state index is 13.2. The molecular formula is C14H15F3N2O2. The summed E-state index contributed by atoms with van der Waals surface area (Å²) >= 11 is 0. The van der Waals surface area contributed by atoms with Gasteiger partial charge in [-0.15, -0.1) is 0 Å². The molecule has 1 saturated heterocycles. The van der Waals surface area contributed by atoms with Crippen LogP contribution in [0.2, 0.25) is 0 Å². The third-order valence-electron chi connectivity index (χ3n) is 3.80. The predicted octanol–water partition coefficient (Wildman–Crippen LogP) is 1.78. The van der Waals surface area contributed by atoms with Gasteiger partial charge in [0.1, 0.15) is 0 Å². The zero-order valence-electron chi connectivity index (χ0n) is 11.3. The molecule has 21 heavy (non-hydrogen) atoms. The highest BCUT2D eigenvalue weighted by atomic mass is 19.4. The highest BCUT2D eigenvalue weighted by molar-refractivity contribution is 5.99. The summed E-state index contributed by atoms with van der Waals surface area (Å²) in [4.78, 5) is 13.7. The molecule has 0 aliphatic carbocycles. The van der Waals surface area contributed by atoms with Gasteiger partial charge >= 0.3 is 6.18 Å². The fourth-order valence-corrected chi connectivity index (χ4v) is 2.75. The molecule has 0 radical (unpaired) electrons. The van der Waals surface area contributed by atoms with Gasteiger partial charge in [0.2, 0.25) is 0 Å². The summed E-state index contributed by atoms with van der Waals surface area (Å²) in [7, 11) is 0. The molecule has 0 unspecified atom stereocenters. The molecular weight excluding hydrogens is 285 g/mol. The van der Waals surface area contributed by atoms with Crippen LogP contribution < -0.4 is 5.32 Å². The lowest BCUT2D eigenvalue weighted by Gasteiger charge is -2.27. The molecule has 1 aromatic rings. The van der Waals surface area contributed by atoms with Crippen LogP contribution >= 0.6 is 0 Å². The lowest BCUT2D eigenvalue weighted by Crippen LogP contribution is -2.35. The van der Waals surface area contributed by atoms with E-state index in [9.17, 15) is 18.0 Å². The van der Waals surface area contributed by atoms with Gasteiger partial charge in [0, 0.05) is 31.7 Å². The van der Waals surface area contributed by atoms with E-state index in [0.717, 1.165) is 6.07 Å². The molecule has 1 fully saturated rings. The van der Waals surface area contributed by atoms with Gasteiger partial charge in [-0.25, -0.2) is 0 Å². The van der Waals surface area contributed by atoms with Gasteiger partial charge in [0.15, 0.2) is 0 Å². The van der Waals surface area contributed by atoms with Gasteiger partial charge in [-0.3, -0.25) is 9.69 Å². The first-order chi connectivity index (χ1) is 9.95. The highest BCUT2D eigenvalue weighted by Crippen LogP contribution is 2.36. The van der Waals surface area contributed by atoms with Crippen LogP contribution in [0, 0.1) is 0 Å². The average molecular weight is 300 g/mol. The average Bonchev–Trinajstić information content (AvgIpc) is 2.80. The molecule has 2 heterocycles. The monoisotopic (exact) mass is 300 g/mol. The van der Waals surface area contributed by atoms with Crippen LogP contribution in [0.3, 0.4) is 0 Å². The van der Waals surface area contributed by atoms with E-state index >= 15 is 0 Å². The number of ether oxygens (including phenoxy) is 1. The summed E-state index contributed by atoms with van der Waals surface area (Å²) in [5.41, 5.74) is 0.00736. The molecule has 1 N–H and O–H groups in total. The van der Waals surface area contributed by atoms with E-state index in [1.54, 1.807) is 6.07 Å². The highest BCUT2D eigenvalue weighted by Gasteiger charge is 2.37. The maximum absolute atomic E-state index is 13.2. The van der Waals surface area contributed by atoms with E-state index in [4.69, 9.17) is 4.74 Å². The number of alkyl halides is 3. The van der Waals surface area contributed by atoms with Crippen molar-refractivity contribution in [2.24, 2.45) is 0 Å². The Balaban J connectivity index is 1.94. The first kappa shape index (κ1) is 14.3. The lowest BCUT2D eigenvalue weighted by molar-refractivity contribution is -0.138. The summed E-state index contributed by atoms with van der Waals surface area (Å²) in [5, 5.41) is 2.46. The normalized spacial score (nSPS) is 19.5. The van der Waals surface area contributed by atoms with E-state index in [-0.39, 0.29) is 17.7 Å². The topological polar surface area (TPSA) is 41.6 Å². The van der Waals surface area contributed by atoms with Crippen molar-refractivity contribution in [1.82, 2.24) is 10.2 Å². The maximum Gasteiger partial charge on any atom is 0.416 e. The molecule has 0 saturated carbocycles. The minimum absolute atomic E-state index is 0.0539. The van der Waals surface area contributed by atoms with Crippen molar-refractivity contribution < 1.29 is 22.7 Å². The molecule has 114 valence electrons. The second-order valence-corrected chi connectivity index (χ2v) is 5.24. The Morgan fingerprint density at radius 2 is 1.95 bits per heavy atom. The number of carbonyl (C=O) groups is 1. The van der Waals surface area contributed by atoms with Gasteiger partial charge < -0.3 is 10.1 Å². The minimum Gasteiger partial charge on any atom is -0.379 e. The Morgan fingerprint density at radius 1 is 1.24 bits per heavy atom. The number of carbonyl (C=O) groups excluding carboxylic acids is 1. The zero-order valence-corrected chi connectivity index (χ0v) is 11.3. The number of hydrogen-bond donors (Lipinski definition) is 1. The quantitative estimate of drug-likeness (QED) is 0.905. The Kier molecular flexibility index (Phi) is 3.62. The second kappa shape index (κ2) is 5.31. The van der Waals surface area contributed by atoms with Crippen molar-refractivity contribution in [1.29, 1.82) is 0 Å². The molecule has 3 rings (SSSR count). The standard InChI is InChI=1S/C14H15F3N2O2/c15-14(16,17)12-6-9(8-19-1-3-21-4-2-19)5-10-11(12)7-18-13(10)20/h5-6H,1-4,7-8H2,(H,18,20). The molecule has 0 atom stereocenters. The van der Waals surface area contributed by atoms with Crippen molar-refractivity contribution in [2.75, 3.05) is 26.3 Å². The van der Waals surface area contributed by atoms with Crippen molar-refractivity contribution in [3.05, 3.63) is 34.4 Å². The van der Waals surface area contributed by atoms with Crippen molar-refractivity contribution in [2.45, 2.75) is 19.3 Å². The van der Waals surface area contributed by atoms with Crippen LogP contribution in [-0.4, -0.2) is 37.1 Å². The van der Waals surface area contributed by atoms with E-state index in [2.05, 4.69) is 5.32 Å². The summed E-state index contributed by atoms with van der Waals surface area (Å²) in [6.07, 6.45) is -4.45. The number of rotatable bonds is 2. The van der Waals surface area contributed by atoms with E-state index in [0.29, 0.717) is 38.4 Å². The van der Waals surface area contributed by atoms with Crippen LogP contribution in [0.15, 0.2) is 12.1 Å². The van der Waals surface area contributed by atoms with Gasteiger partial charge in [0.25, 0.3) is 5.91 Å². The van der Waals surface area contributed by atoms with Gasteiger partial charge in [0.05, 0.1) is 18.8 Å². The van der Waals surface area contributed by atoms with Crippen molar-refractivity contribution in [3.63, 3.8) is 0 Å². The molecule has 1 aromatic carbocycles. The van der Waals surface area contributed by atoms with E-state index in [1.807, 2.05) is 4.90 Å². The molecule has 1 amide bonds. The van der Waals surface area contributed by atoms with Crippen LogP contribution in [0.5, 0.6) is 0 Å². The number of benzene rings is 1. The molecule has 2 aliphatic rings. The van der Waals surface area contributed by atoms with Gasteiger partial charge in [-0.1, -0.05) is 0 Å². The Bertz CT molecular complexity index is 566. The van der Waals surface area contributed by atoms with Crippen molar-refractivity contribution in [3.8, 4) is 0 Å². The number of hydrogen-bond acceptors (Lipinski definition) is 3. The Labute approximate surface area is 119 Å². The molecule has 0 spiro atoms. The van der Waals surface area contributed by atoms with Gasteiger partial charge in [-0.05, 0) is 23.3 Å². The van der Waals surface area contributed by atoms with Crippen molar-refractivity contribution >= 4 is 5.91 Å².